The lowest BCUT2D eigenvalue weighted by Crippen LogP contribution is -2.32. The molecule has 1 fully saturated rings. The van der Waals surface area contributed by atoms with Crippen LogP contribution in [0.3, 0.4) is 0 Å². The molecule has 0 atom stereocenters. The molecule has 0 aliphatic heterocycles. The van der Waals surface area contributed by atoms with Gasteiger partial charge in [-0.2, -0.15) is 0 Å². The molecule has 1 aromatic carbocycles. The first-order valence-corrected chi connectivity index (χ1v) is 6.78. The van der Waals surface area contributed by atoms with E-state index in [0.29, 0.717) is 23.2 Å². The average molecular weight is 262 g/mol. The zero-order valence-electron chi connectivity index (χ0n) is 11.8. The Hall–Kier alpha value is -1.71. The number of hydrogen-bond donors (Lipinski definition) is 1. The van der Waals surface area contributed by atoms with Gasteiger partial charge in [-0.3, -0.25) is 0 Å². The van der Waals surface area contributed by atoms with Crippen LogP contribution in [0.2, 0.25) is 0 Å². The Morgan fingerprint density at radius 2 is 2.16 bits per heavy atom. The molecule has 1 aliphatic carbocycles. The maximum absolute atomic E-state index is 11.9. The van der Waals surface area contributed by atoms with Crippen LogP contribution in [0.25, 0.3) is 0 Å². The van der Waals surface area contributed by atoms with Gasteiger partial charge >= 0.3 is 5.97 Å². The molecule has 1 aliphatic rings. The molecule has 4 nitrogen and oxygen atoms in total. The number of benzene rings is 1. The first-order valence-electron chi connectivity index (χ1n) is 6.78. The van der Waals surface area contributed by atoms with E-state index in [2.05, 4.69) is 18.7 Å². The summed E-state index contributed by atoms with van der Waals surface area (Å²) >= 11 is 0. The lowest BCUT2D eigenvalue weighted by molar-refractivity contribution is 0.0601. The van der Waals surface area contributed by atoms with Crippen molar-refractivity contribution in [3.63, 3.8) is 0 Å². The number of carbonyl (C=O) groups is 1. The minimum Gasteiger partial charge on any atom is -0.465 e. The van der Waals surface area contributed by atoms with Gasteiger partial charge in [0, 0.05) is 12.6 Å². The van der Waals surface area contributed by atoms with Crippen molar-refractivity contribution in [1.29, 1.82) is 0 Å². The summed E-state index contributed by atoms with van der Waals surface area (Å²) in [6, 6.07) is 5.94. The highest BCUT2D eigenvalue weighted by atomic mass is 16.5. The zero-order valence-corrected chi connectivity index (χ0v) is 11.8. The van der Waals surface area contributed by atoms with Crippen molar-refractivity contribution < 1.29 is 9.53 Å². The van der Waals surface area contributed by atoms with E-state index in [1.165, 1.54) is 20.0 Å². The molecular formula is C15H22N2O2. The molecule has 0 heterocycles. The van der Waals surface area contributed by atoms with Gasteiger partial charge in [0.05, 0.1) is 24.0 Å². The van der Waals surface area contributed by atoms with Crippen LogP contribution in [0.4, 0.5) is 11.4 Å². The summed E-state index contributed by atoms with van der Waals surface area (Å²) < 4.78 is 4.87. The number of nitrogen functional groups attached to an aromatic ring is 1. The summed E-state index contributed by atoms with van der Waals surface area (Å²) in [5, 5.41) is 0. The number of esters is 1. The maximum Gasteiger partial charge on any atom is 0.340 e. The van der Waals surface area contributed by atoms with Crippen LogP contribution in [-0.2, 0) is 4.74 Å². The maximum atomic E-state index is 11.9. The Morgan fingerprint density at radius 1 is 1.47 bits per heavy atom. The molecule has 0 saturated heterocycles. The fourth-order valence-electron chi connectivity index (χ4n) is 2.36. The van der Waals surface area contributed by atoms with Crippen LogP contribution >= 0.6 is 0 Å². The summed E-state index contributed by atoms with van der Waals surface area (Å²) in [5.41, 5.74) is 8.16. The molecule has 0 aromatic heterocycles. The molecule has 0 radical (unpaired) electrons. The molecule has 1 aromatic rings. The first kappa shape index (κ1) is 13.7. The van der Waals surface area contributed by atoms with Crippen LogP contribution < -0.4 is 10.6 Å². The standard InChI is InChI=1S/C15H22N2O2/c1-10(2)9-17(11-7-8-11)14-12(15(18)19-3)5-4-6-13(14)16/h4-6,10-11H,7-9,16H2,1-3H3. The summed E-state index contributed by atoms with van der Waals surface area (Å²) in [5.74, 6) is 0.197. The molecule has 0 unspecified atom stereocenters. The molecule has 2 rings (SSSR count). The second kappa shape index (κ2) is 5.51. The van der Waals surface area contributed by atoms with Gasteiger partial charge in [-0.15, -0.1) is 0 Å². The fraction of sp³-hybridized carbons (Fsp3) is 0.533. The van der Waals surface area contributed by atoms with Crippen LogP contribution in [0, 0.1) is 5.92 Å². The number of nitrogens with two attached hydrogens (primary N) is 1. The largest absolute Gasteiger partial charge is 0.465 e. The predicted octanol–water partition coefficient (Wildman–Crippen LogP) is 2.68. The molecule has 104 valence electrons. The van der Waals surface area contributed by atoms with Crippen molar-refractivity contribution in [3.8, 4) is 0 Å². The third-order valence-corrected chi connectivity index (χ3v) is 3.31. The summed E-state index contributed by atoms with van der Waals surface area (Å²) in [6.07, 6.45) is 2.34. The summed E-state index contributed by atoms with van der Waals surface area (Å²) in [4.78, 5) is 14.2. The summed E-state index contributed by atoms with van der Waals surface area (Å²) in [7, 11) is 1.40. The molecule has 0 bridgehead atoms. The van der Waals surface area contributed by atoms with Gasteiger partial charge in [0.25, 0.3) is 0 Å². The third kappa shape index (κ3) is 3.00. The number of para-hydroxylation sites is 1. The molecule has 19 heavy (non-hydrogen) atoms. The SMILES string of the molecule is COC(=O)c1cccc(N)c1N(CC(C)C)C1CC1. The number of carbonyl (C=O) groups excluding carboxylic acids is 1. The van der Waals surface area contributed by atoms with Gasteiger partial charge in [-0.25, -0.2) is 4.79 Å². The normalized spacial score (nSPS) is 14.5. The first-order chi connectivity index (χ1) is 9.04. The molecule has 4 heteroatoms. The smallest absolute Gasteiger partial charge is 0.340 e. The van der Waals surface area contributed by atoms with Gasteiger partial charge in [0.1, 0.15) is 0 Å². The van der Waals surface area contributed by atoms with E-state index in [9.17, 15) is 4.79 Å². The topological polar surface area (TPSA) is 55.6 Å². The van der Waals surface area contributed by atoms with Gasteiger partial charge in [0.15, 0.2) is 0 Å². The minimum absolute atomic E-state index is 0.322. The van der Waals surface area contributed by atoms with E-state index in [1.54, 1.807) is 12.1 Å². The van der Waals surface area contributed by atoms with Crippen LogP contribution in [0.15, 0.2) is 18.2 Å². The highest BCUT2D eigenvalue weighted by Crippen LogP contribution is 2.37. The van der Waals surface area contributed by atoms with Crippen molar-refractivity contribution in [1.82, 2.24) is 0 Å². The van der Waals surface area contributed by atoms with E-state index in [-0.39, 0.29) is 5.97 Å². The quantitative estimate of drug-likeness (QED) is 0.654. The Balaban J connectivity index is 2.42. The van der Waals surface area contributed by atoms with Gasteiger partial charge < -0.3 is 15.4 Å². The number of anilines is 2. The van der Waals surface area contributed by atoms with Gasteiger partial charge in [0.2, 0.25) is 0 Å². The fourth-order valence-corrected chi connectivity index (χ4v) is 2.36. The number of ether oxygens (including phenoxy) is 1. The lowest BCUT2D eigenvalue weighted by Gasteiger charge is -2.29. The second-order valence-corrected chi connectivity index (χ2v) is 5.51. The van der Waals surface area contributed by atoms with E-state index in [4.69, 9.17) is 10.5 Å². The van der Waals surface area contributed by atoms with Crippen LogP contribution in [0.1, 0.15) is 37.0 Å². The number of nitrogens with zero attached hydrogens (tertiary/aromatic N) is 1. The Kier molecular flexibility index (Phi) is 3.98. The van der Waals surface area contributed by atoms with E-state index in [1.807, 2.05) is 6.07 Å². The van der Waals surface area contributed by atoms with Crippen molar-refractivity contribution >= 4 is 17.3 Å². The Bertz CT molecular complexity index is 467. The highest BCUT2D eigenvalue weighted by Gasteiger charge is 2.33. The predicted molar refractivity (Wildman–Crippen MR) is 77.4 cm³/mol. The van der Waals surface area contributed by atoms with E-state index in [0.717, 1.165) is 12.2 Å². The number of hydrogen-bond acceptors (Lipinski definition) is 4. The molecule has 1 saturated carbocycles. The lowest BCUT2D eigenvalue weighted by atomic mass is 10.1. The van der Waals surface area contributed by atoms with Crippen molar-refractivity contribution in [3.05, 3.63) is 23.8 Å². The number of rotatable bonds is 5. The van der Waals surface area contributed by atoms with Crippen molar-refractivity contribution in [2.75, 3.05) is 24.3 Å². The number of methoxy groups -OCH3 is 1. The molecular weight excluding hydrogens is 240 g/mol. The monoisotopic (exact) mass is 262 g/mol. The Labute approximate surface area is 114 Å². The van der Waals surface area contributed by atoms with Crippen LogP contribution in [-0.4, -0.2) is 25.7 Å². The van der Waals surface area contributed by atoms with Crippen molar-refractivity contribution in [2.45, 2.75) is 32.7 Å². The molecule has 0 amide bonds. The molecule has 2 N–H and O–H groups in total. The van der Waals surface area contributed by atoms with Gasteiger partial charge in [-0.1, -0.05) is 19.9 Å². The van der Waals surface area contributed by atoms with E-state index >= 15 is 0 Å². The molecule has 0 spiro atoms. The minimum atomic E-state index is -0.322. The third-order valence-electron chi connectivity index (χ3n) is 3.31. The second-order valence-electron chi connectivity index (χ2n) is 5.51. The van der Waals surface area contributed by atoms with E-state index < -0.39 is 0 Å². The van der Waals surface area contributed by atoms with Crippen molar-refractivity contribution in [2.24, 2.45) is 5.92 Å². The van der Waals surface area contributed by atoms with Crippen LogP contribution in [0.5, 0.6) is 0 Å². The summed E-state index contributed by atoms with van der Waals surface area (Å²) in [6.45, 7) is 5.25. The average Bonchev–Trinajstić information content (AvgIpc) is 3.19. The van der Waals surface area contributed by atoms with Gasteiger partial charge in [-0.05, 0) is 30.9 Å². The zero-order chi connectivity index (χ0) is 14.0. The Morgan fingerprint density at radius 3 is 2.68 bits per heavy atom. The highest BCUT2D eigenvalue weighted by molar-refractivity contribution is 5.99.